The summed E-state index contributed by atoms with van der Waals surface area (Å²) in [5.41, 5.74) is 0. The molecule has 0 bridgehead atoms. The smallest absolute Gasteiger partial charge is 0.200 e. The van der Waals surface area contributed by atoms with Gasteiger partial charge >= 0.3 is 0 Å². The van der Waals surface area contributed by atoms with Gasteiger partial charge in [0.2, 0.25) is 0 Å². The molecule has 0 aromatic carbocycles. The summed E-state index contributed by atoms with van der Waals surface area (Å²) in [5.74, 6) is 0.653. The Hall–Kier alpha value is -0.130. The van der Waals surface area contributed by atoms with Crippen molar-refractivity contribution in [3.05, 3.63) is 0 Å². The van der Waals surface area contributed by atoms with Crippen LogP contribution in [-0.4, -0.2) is 31.9 Å². The van der Waals surface area contributed by atoms with Crippen molar-refractivity contribution in [3.8, 4) is 0 Å². The van der Waals surface area contributed by atoms with Crippen molar-refractivity contribution in [1.29, 1.82) is 0 Å². The third-order valence-electron chi connectivity index (χ3n) is 2.47. The number of rotatable bonds is 3. The van der Waals surface area contributed by atoms with Crippen LogP contribution in [0, 0.1) is 5.92 Å². The zero-order chi connectivity index (χ0) is 10.8. The van der Waals surface area contributed by atoms with E-state index in [2.05, 4.69) is 11.6 Å². The van der Waals surface area contributed by atoms with Gasteiger partial charge in [0.15, 0.2) is 0 Å². The van der Waals surface area contributed by atoms with Crippen LogP contribution in [-0.2, 0) is 10.2 Å². The van der Waals surface area contributed by atoms with E-state index in [0.29, 0.717) is 19.0 Å². The first-order valence-corrected chi connectivity index (χ1v) is 6.63. The molecule has 1 saturated heterocycles. The van der Waals surface area contributed by atoms with Crippen molar-refractivity contribution in [2.24, 2.45) is 5.92 Å². The molecule has 0 saturated carbocycles. The molecular formula is C9H20N2O2S. The molecule has 0 spiro atoms. The van der Waals surface area contributed by atoms with Gasteiger partial charge in [-0.15, -0.1) is 0 Å². The molecule has 1 heterocycles. The average molecular weight is 220 g/mol. The molecule has 5 heteroatoms. The predicted octanol–water partition coefficient (Wildman–Crippen LogP) is 0.961. The molecule has 4 nitrogen and oxygen atoms in total. The summed E-state index contributed by atoms with van der Waals surface area (Å²) in [6.45, 7) is 7.15. The first-order valence-electron chi connectivity index (χ1n) is 5.19. The van der Waals surface area contributed by atoms with E-state index in [9.17, 15) is 8.42 Å². The van der Waals surface area contributed by atoms with Gasteiger partial charge < -0.3 is 0 Å². The molecule has 1 N–H and O–H groups in total. The van der Waals surface area contributed by atoms with Crippen molar-refractivity contribution < 1.29 is 8.42 Å². The van der Waals surface area contributed by atoms with Crippen molar-refractivity contribution in [1.82, 2.24) is 9.03 Å². The molecule has 1 rings (SSSR count). The fraction of sp³-hybridized carbons (Fsp3) is 1.00. The molecule has 0 aromatic heterocycles. The molecule has 0 aliphatic carbocycles. The summed E-state index contributed by atoms with van der Waals surface area (Å²) < 4.78 is 27.6. The lowest BCUT2D eigenvalue weighted by Crippen LogP contribution is -2.46. The van der Waals surface area contributed by atoms with Gasteiger partial charge in [-0.25, -0.2) is 0 Å². The van der Waals surface area contributed by atoms with E-state index >= 15 is 0 Å². The highest BCUT2D eigenvalue weighted by atomic mass is 32.2. The van der Waals surface area contributed by atoms with E-state index in [4.69, 9.17) is 0 Å². The van der Waals surface area contributed by atoms with Gasteiger partial charge in [-0.2, -0.15) is 17.4 Å². The summed E-state index contributed by atoms with van der Waals surface area (Å²) in [6, 6.07) is -0.0284. The Labute approximate surface area is 86.9 Å². The van der Waals surface area contributed by atoms with E-state index in [1.54, 1.807) is 4.31 Å². The minimum absolute atomic E-state index is 0.0284. The van der Waals surface area contributed by atoms with Crippen LogP contribution in [0.25, 0.3) is 0 Å². The van der Waals surface area contributed by atoms with Crippen LogP contribution >= 0.6 is 0 Å². The molecule has 0 unspecified atom stereocenters. The van der Waals surface area contributed by atoms with Gasteiger partial charge in [-0.05, 0) is 32.6 Å². The van der Waals surface area contributed by atoms with E-state index in [0.717, 1.165) is 12.8 Å². The van der Waals surface area contributed by atoms with E-state index < -0.39 is 10.2 Å². The van der Waals surface area contributed by atoms with Crippen LogP contribution in [0.15, 0.2) is 0 Å². The molecule has 0 atom stereocenters. The lowest BCUT2D eigenvalue weighted by Gasteiger charge is -2.30. The van der Waals surface area contributed by atoms with Crippen molar-refractivity contribution in [2.75, 3.05) is 13.1 Å². The van der Waals surface area contributed by atoms with Crippen LogP contribution in [0.1, 0.15) is 33.6 Å². The topological polar surface area (TPSA) is 49.4 Å². The molecule has 0 radical (unpaired) electrons. The number of nitrogens with one attached hydrogen (secondary N) is 1. The fourth-order valence-electron chi connectivity index (χ4n) is 1.60. The number of hydrogen-bond donors (Lipinski definition) is 1. The average Bonchev–Trinajstić information content (AvgIpc) is 2.02. The lowest BCUT2D eigenvalue weighted by atomic mass is 10.0. The van der Waals surface area contributed by atoms with Crippen LogP contribution in [0.5, 0.6) is 0 Å². The monoisotopic (exact) mass is 220 g/mol. The van der Waals surface area contributed by atoms with Crippen molar-refractivity contribution >= 4 is 10.2 Å². The summed E-state index contributed by atoms with van der Waals surface area (Å²) in [7, 11) is -3.22. The summed E-state index contributed by atoms with van der Waals surface area (Å²) in [6.07, 6.45) is 1.94. The highest BCUT2D eigenvalue weighted by Gasteiger charge is 2.26. The SMILES string of the molecule is CC1CCN(S(=O)(=O)NC(C)C)CC1. The van der Waals surface area contributed by atoms with Gasteiger partial charge in [0.1, 0.15) is 0 Å². The molecule has 1 fully saturated rings. The second-order valence-electron chi connectivity index (χ2n) is 4.36. The minimum atomic E-state index is -3.22. The normalized spacial score (nSPS) is 21.7. The summed E-state index contributed by atoms with van der Waals surface area (Å²) in [4.78, 5) is 0. The second kappa shape index (κ2) is 4.59. The zero-order valence-corrected chi connectivity index (χ0v) is 9.97. The maximum atomic E-state index is 11.7. The first-order chi connectivity index (χ1) is 6.42. The Balaban J connectivity index is 2.56. The third-order valence-corrected chi connectivity index (χ3v) is 4.28. The molecule has 1 aliphatic heterocycles. The van der Waals surface area contributed by atoms with Gasteiger partial charge in [0.25, 0.3) is 10.2 Å². The quantitative estimate of drug-likeness (QED) is 0.770. The molecule has 84 valence electrons. The van der Waals surface area contributed by atoms with E-state index in [1.807, 2.05) is 13.8 Å². The third kappa shape index (κ3) is 3.22. The highest BCUT2D eigenvalue weighted by molar-refractivity contribution is 7.87. The Kier molecular flexibility index (Phi) is 3.92. The van der Waals surface area contributed by atoms with Gasteiger partial charge in [-0.3, -0.25) is 0 Å². The maximum Gasteiger partial charge on any atom is 0.279 e. The number of nitrogens with zero attached hydrogens (tertiary/aromatic N) is 1. The van der Waals surface area contributed by atoms with Gasteiger partial charge in [-0.1, -0.05) is 6.92 Å². The fourth-order valence-corrected chi connectivity index (χ4v) is 3.03. The molecule has 14 heavy (non-hydrogen) atoms. The van der Waals surface area contributed by atoms with Gasteiger partial charge in [0, 0.05) is 19.1 Å². The van der Waals surface area contributed by atoms with Crippen LogP contribution < -0.4 is 4.72 Å². The molecule has 1 aliphatic rings. The second-order valence-corrected chi connectivity index (χ2v) is 6.06. The molecule has 0 amide bonds. The summed E-state index contributed by atoms with van der Waals surface area (Å²) >= 11 is 0. The van der Waals surface area contributed by atoms with Crippen LogP contribution in [0.4, 0.5) is 0 Å². The predicted molar refractivity (Wildman–Crippen MR) is 57.2 cm³/mol. The summed E-state index contributed by atoms with van der Waals surface area (Å²) in [5, 5.41) is 0. The Morgan fingerprint density at radius 3 is 2.21 bits per heavy atom. The zero-order valence-electron chi connectivity index (χ0n) is 9.16. The Morgan fingerprint density at radius 1 is 1.29 bits per heavy atom. The van der Waals surface area contributed by atoms with Crippen molar-refractivity contribution in [3.63, 3.8) is 0 Å². The number of piperidine rings is 1. The highest BCUT2D eigenvalue weighted by Crippen LogP contribution is 2.17. The molecular weight excluding hydrogens is 200 g/mol. The maximum absolute atomic E-state index is 11.7. The van der Waals surface area contributed by atoms with E-state index in [-0.39, 0.29) is 6.04 Å². The minimum Gasteiger partial charge on any atom is -0.200 e. The molecule has 0 aromatic rings. The standard InChI is InChI=1S/C9H20N2O2S/c1-8(2)10-14(12,13)11-6-4-9(3)5-7-11/h8-10H,4-7H2,1-3H3. The first kappa shape index (κ1) is 11.9. The number of hydrogen-bond acceptors (Lipinski definition) is 2. The van der Waals surface area contributed by atoms with Crippen LogP contribution in [0.2, 0.25) is 0 Å². The largest absolute Gasteiger partial charge is 0.279 e. The lowest BCUT2D eigenvalue weighted by molar-refractivity contribution is 0.284. The Bertz CT molecular complexity index is 267. The van der Waals surface area contributed by atoms with Crippen LogP contribution in [0.3, 0.4) is 0 Å². The van der Waals surface area contributed by atoms with Gasteiger partial charge in [0.05, 0.1) is 0 Å². The Morgan fingerprint density at radius 2 is 1.79 bits per heavy atom. The van der Waals surface area contributed by atoms with Crippen molar-refractivity contribution in [2.45, 2.75) is 39.7 Å². The van der Waals surface area contributed by atoms with E-state index in [1.165, 1.54) is 0 Å².